The molecule has 0 saturated carbocycles. The van der Waals surface area contributed by atoms with Crippen molar-refractivity contribution >= 4 is 28.9 Å². The number of piperidine rings is 1. The zero-order chi connectivity index (χ0) is 31.4. The second-order valence-corrected chi connectivity index (χ2v) is 14.6. The van der Waals surface area contributed by atoms with Crippen LogP contribution in [0.1, 0.15) is 77.5 Å². The molecule has 0 bridgehead atoms. The van der Waals surface area contributed by atoms with Crippen LogP contribution in [-0.4, -0.2) is 83.6 Å². The van der Waals surface area contributed by atoms with Crippen LogP contribution in [-0.2, 0) is 19.1 Å². The summed E-state index contributed by atoms with van der Waals surface area (Å²) in [4.78, 5) is 47.3. The second kappa shape index (κ2) is 14.0. The fraction of sp³-hybridized carbons (Fsp3) is 0.636. The molecule has 2 saturated heterocycles. The van der Waals surface area contributed by atoms with E-state index in [2.05, 4.69) is 34.7 Å². The molecular formula is C33H48N4O5S. The first kappa shape index (κ1) is 33.2. The summed E-state index contributed by atoms with van der Waals surface area (Å²) in [5.74, 6) is -0.856. The fourth-order valence-corrected chi connectivity index (χ4v) is 6.85. The highest BCUT2D eigenvalue weighted by Gasteiger charge is 2.44. The minimum atomic E-state index is -0.862. The molecule has 2 aliphatic heterocycles. The van der Waals surface area contributed by atoms with Gasteiger partial charge in [0.05, 0.1) is 34.8 Å². The molecule has 3 heterocycles. The molecular weight excluding hydrogens is 564 g/mol. The van der Waals surface area contributed by atoms with Gasteiger partial charge in [-0.1, -0.05) is 58.9 Å². The number of carbonyl (C=O) groups excluding carboxylic acids is 3. The Morgan fingerprint density at radius 1 is 1.21 bits per heavy atom. The molecule has 10 heteroatoms. The lowest BCUT2D eigenvalue weighted by Gasteiger charge is -2.36. The van der Waals surface area contributed by atoms with Crippen LogP contribution >= 0.6 is 11.3 Å². The average Bonchev–Trinajstić information content (AvgIpc) is 3.56. The molecule has 2 aliphatic rings. The van der Waals surface area contributed by atoms with E-state index in [1.54, 1.807) is 11.3 Å². The summed E-state index contributed by atoms with van der Waals surface area (Å²) in [6.07, 6.45) is 1.62. The number of ether oxygens (including phenoxy) is 1. The number of hydrogen-bond donors (Lipinski definition) is 3. The molecule has 3 N–H and O–H groups in total. The summed E-state index contributed by atoms with van der Waals surface area (Å²) in [5, 5.41) is 16.8. The van der Waals surface area contributed by atoms with Crippen molar-refractivity contribution in [3.63, 3.8) is 0 Å². The number of hydrogen-bond acceptors (Lipinski definition) is 8. The standard InChI is InChI=1S/C33H48N4O5S/c1-21(23-7-9-24(10-8-23)29-22(2)35-20-43-29)15-27(39)26-16-25(38)17-37(26)31(41)30(32(3,4)5)36-28(40)18-42-19-33(6)11-13-34-14-12-33/h7-10,20-21,25-26,30,34,38H,11-19H2,1-6H3,(H,36,40)/t21-,25-,26+,30-/m1/s1. The lowest BCUT2D eigenvalue weighted by atomic mass is 9.82. The van der Waals surface area contributed by atoms with Crippen LogP contribution in [0.4, 0.5) is 0 Å². The number of likely N-dealkylation sites (tertiary alicyclic amines) is 1. The van der Waals surface area contributed by atoms with Crippen molar-refractivity contribution in [2.24, 2.45) is 10.8 Å². The Kier molecular flexibility index (Phi) is 10.8. The van der Waals surface area contributed by atoms with Crippen molar-refractivity contribution in [3.05, 3.63) is 41.0 Å². The number of rotatable bonds is 11. The van der Waals surface area contributed by atoms with Crippen LogP contribution in [0.5, 0.6) is 0 Å². The monoisotopic (exact) mass is 612 g/mol. The van der Waals surface area contributed by atoms with E-state index in [9.17, 15) is 19.5 Å². The molecule has 43 heavy (non-hydrogen) atoms. The van der Waals surface area contributed by atoms with Crippen molar-refractivity contribution in [1.29, 1.82) is 0 Å². The van der Waals surface area contributed by atoms with Gasteiger partial charge in [-0.15, -0.1) is 11.3 Å². The molecule has 1 aromatic carbocycles. The third-order valence-corrected chi connectivity index (χ3v) is 9.82. The molecule has 4 rings (SSSR count). The molecule has 0 radical (unpaired) electrons. The van der Waals surface area contributed by atoms with Crippen LogP contribution in [0.25, 0.3) is 10.4 Å². The first-order valence-corrected chi connectivity index (χ1v) is 16.2. The Morgan fingerprint density at radius 2 is 1.88 bits per heavy atom. The normalized spacial score (nSPS) is 21.8. The summed E-state index contributed by atoms with van der Waals surface area (Å²) in [7, 11) is 0. The number of benzene rings is 1. The number of aliphatic hydroxyl groups excluding tert-OH is 1. The quantitative estimate of drug-likeness (QED) is 0.350. The number of nitrogens with zero attached hydrogens (tertiary/aromatic N) is 2. The molecule has 0 unspecified atom stereocenters. The molecule has 2 aromatic rings. The zero-order valence-electron chi connectivity index (χ0n) is 26.4. The number of β-amino-alcohol motifs (C(OH)–C–C–N with tert-alkyl or cyclic N) is 1. The number of aryl methyl sites for hydroxylation is 1. The predicted octanol–water partition coefficient (Wildman–Crippen LogP) is 4.08. The molecule has 2 amide bonds. The average molecular weight is 613 g/mol. The molecule has 4 atom stereocenters. The summed E-state index contributed by atoms with van der Waals surface area (Å²) in [5.41, 5.74) is 4.38. The van der Waals surface area contributed by atoms with E-state index >= 15 is 0 Å². The first-order valence-electron chi connectivity index (χ1n) is 15.4. The lowest BCUT2D eigenvalue weighted by Crippen LogP contribution is -2.57. The minimum absolute atomic E-state index is 0.0316. The minimum Gasteiger partial charge on any atom is -0.391 e. The van der Waals surface area contributed by atoms with Gasteiger partial charge in [-0.25, -0.2) is 4.98 Å². The molecule has 2 fully saturated rings. The third-order valence-electron chi connectivity index (χ3n) is 8.84. The van der Waals surface area contributed by atoms with Crippen molar-refractivity contribution in [3.8, 4) is 10.4 Å². The maximum Gasteiger partial charge on any atom is 0.246 e. The van der Waals surface area contributed by atoms with Gasteiger partial charge in [0, 0.05) is 19.4 Å². The van der Waals surface area contributed by atoms with Crippen LogP contribution in [0.2, 0.25) is 0 Å². The van der Waals surface area contributed by atoms with Crippen LogP contribution < -0.4 is 10.6 Å². The summed E-state index contributed by atoms with van der Waals surface area (Å²) in [6, 6.07) is 6.59. The highest BCUT2D eigenvalue weighted by atomic mass is 32.1. The van der Waals surface area contributed by atoms with Gasteiger partial charge in [-0.3, -0.25) is 14.4 Å². The predicted molar refractivity (Wildman–Crippen MR) is 169 cm³/mol. The summed E-state index contributed by atoms with van der Waals surface area (Å²) in [6.45, 7) is 14.1. The van der Waals surface area contributed by atoms with Crippen molar-refractivity contribution < 1.29 is 24.2 Å². The topological polar surface area (TPSA) is 121 Å². The van der Waals surface area contributed by atoms with Gasteiger partial charge >= 0.3 is 0 Å². The zero-order valence-corrected chi connectivity index (χ0v) is 27.3. The van der Waals surface area contributed by atoms with E-state index in [4.69, 9.17) is 4.74 Å². The number of nitrogens with one attached hydrogen (secondary N) is 2. The Bertz CT molecular complexity index is 1260. The number of aliphatic hydroxyl groups is 1. The Morgan fingerprint density at radius 3 is 2.49 bits per heavy atom. The van der Waals surface area contributed by atoms with E-state index in [0.29, 0.717) is 6.61 Å². The molecule has 0 spiro atoms. The molecule has 1 aromatic heterocycles. The Labute approximate surface area is 259 Å². The fourth-order valence-electron chi connectivity index (χ4n) is 6.04. The Balaban J connectivity index is 1.38. The summed E-state index contributed by atoms with van der Waals surface area (Å²) >= 11 is 1.60. The molecule has 0 aliphatic carbocycles. The number of Topliss-reactive ketones (excluding diaryl/α,β-unsaturated/α-hetero) is 1. The van der Waals surface area contributed by atoms with Crippen LogP contribution in [0, 0.1) is 17.8 Å². The van der Waals surface area contributed by atoms with Gasteiger partial charge in [0.25, 0.3) is 0 Å². The largest absolute Gasteiger partial charge is 0.391 e. The van der Waals surface area contributed by atoms with Crippen molar-refractivity contribution in [1.82, 2.24) is 20.5 Å². The van der Waals surface area contributed by atoms with Gasteiger partial charge in [-0.2, -0.15) is 0 Å². The Hall–Kier alpha value is -2.66. The van der Waals surface area contributed by atoms with Crippen LogP contribution in [0.3, 0.4) is 0 Å². The molecule has 236 valence electrons. The number of amides is 2. The molecule has 9 nitrogen and oxygen atoms in total. The maximum absolute atomic E-state index is 13.9. The van der Waals surface area contributed by atoms with Gasteiger partial charge in [0.15, 0.2) is 5.78 Å². The highest BCUT2D eigenvalue weighted by molar-refractivity contribution is 7.13. The van der Waals surface area contributed by atoms with Crippen molar-refractivity contribution in [2.75, 3.05) is 32.8 Å². The van der Waals surface area contributed by atoms with E-state index in [1.807, 2.05) is 52.3 Å². The number of carbonyl (C=O) groups is 3. The third kappa shape index (κ3) is 8.50. The lowest BCUT2D eigenvalue weighted by molar-refractivity contribution is -0.144. The van der Waals surface area contributed by atoms with Gasteiger partial charge < -0.3 is 25.4 Å². The van der Waals surface area contributed by atoms with Gasteiger partial charge in [0.1, 0.15) is 12.6 Å². The number of ketones is 1. The number of aromatic nitrogens is 1. The van der Waals surface area contributed by atoms with E-state index < -0.39 is 23.6 Å². The van der Waals surface area contributed by atoms with Gasteiger partial charge in [-0.05, 0) is 60.7 Å². The second-order valence-electron chi connectivity index (χ2n) is 13.8. The maximum atomic E-state index is 13.9. The van der Waals surface area contributed by atoms with E-state index in [-0.39, 0.29) is 54.9 Å². The summed E-state index contributed by atoms with van der Waals surface area (Å²) < 4.78 is 5.79. The highest BCUT2D eigenvalue weighted by Crippen LogP contribution is 2.32. The van der Waals surface area contributed by atoms with E-state index in [1.165, 1.54) is 4.90 Å². The first-order chi connectivity index (χ1) is 20.3. The smallest absolute Gasteiger partial charge is 0.246 e. The SMILES string of the molecule is Cc1ncsc1-c1ccc([C@H](C)CC(=O)[C@@H]2C[C@@H](O)CN2C(=O)[C@@H](NC(=O)COCC2(C)CCNCC2)C(C)(C)C)cc1. The van der Waals surface area contributed by atoms with Crippen molar-refractivity contribution in [2.45, 2.75) is 91.3 Å². The van der Waals surface area contributed by atoms with Gasteiger partial charge in [0.2, 0.25) is 11.8 Å². The van der Waals surface area contributed by atoms with Crippen LogP contribution in [0.15, 0.2) is 29.8 Å². The number of thiazole rings is 1. The van der Waals surface area contributed by atoms with E-state index in [0.717, 1.165) is 47.6 Å².